The van der Waals surface area contributed by atoms with Gasteiger partial charge in [-0.3, -0.25) is 0 Å². The molecule has 1 amide bonds. The number of carbonyl (C=O) groups is 1. The largest absolute Gasteiger partial charge is 0.444 e. The molecule has 1 aliphatic heterocycles. The van der Waals surface area contributed by atoms with E-state index in [1.54, 1.807) is 4.90 Å². The Labute approximate surface area is 86.6 Å². The third kappa shape index (κ3) is 4.46. The Morgan fingerprint density at radius 1 is 1.29 bits per heavy atom. The van der Waals surface area contributed by atoms with Crippen molar-refractivity contribution in [2.45, 2.75) is 33.8 Å². The molecule has 1 saturated heterocycles. The number of ether oxygens (including phenoxy) is 1. The van der Waals surface area contributed by atoms with Gasteiger partial charge < -0.3 is 15.0 Å². The molecule has 0 aromatic carbocycles. The number of hydrogen-bond donors (Lipinski definition) is 1. The molecule has 0 atom stereocenters. The van der Waals surface area contributed by atoms with Gasteiger partial charge in [-0.25, -0.2) is 4.79 Å². The van der Waals surface area contributed by atoms with Gasteiger partial charge in [0.1, 0.15) is 5.60 Å². The molecule has 1 heterocycles. The molecule has 1 rings (SSSR count). The Hall–Kier alpha value is -0.770. The van der Waals surface area contributed by atoms with Crippen molar-refractivity contribution in [1.82, 2.24) is 10.2 Å². The lowest BCUT2D eigenvalue weighted by molar-refractivity contribution is 0.0229. The summed E-state index contributed by atoms with van der Waals surface area (Å²) in [4.78, 5) is 13.2. The highest BCUT2D eigenvalue weighted by Crippen LogP contribution is 2.09. The maximum absolute atomic E-state index is 11.5. The zero-order valence-corrected chi connectivity index (χ0v) is 8.59. The highest BCUT2D eigenvalue weighted by atomic mass is 16.6. The second kappa shape index (κ2) is 5.20. The normalized spacial score (nSPS) is 17.2. The van der Waals surface area contributed by atoms with Crippen molar-refractivity contribution in [2.24, 2.45) is 0 Å². The van der Waals surface area contributed by atoms with E-state index >= 15 is 0 Å². The van der Waals surface area contributed by atoms with Crippen LogP contribution in [0.4, 0.5) is 4.79 Å². The van der Waals surface area contributed by atoms with Crippen LogP contribution in [0, 0.1) is 0 Å². The van der Waals surface area contributed by atoms with Crippen LogP contribution in [0.5, 0.6) is 0 Å². The summed E-state index contributed by atoms with van der Waals surface area (Å²) in [6, 6.07) is 0. The quantitative estimate of drug-likeness (QED) is 0.646. The van der Waals surface area contributed by atoms with Gasteiger partial charge in [-0.2, -0.15) is 0 Å². The Bertz CT molecular complexity index is 181. The van der Waals surface area contributed by atoms with Crippen LogP contribution < -0.4 is 5.32 Å². The van der Waals surface area contributed by atoms with Gasteiger partial charge in [0.15, 0.2) is 0 Å². The highest BCUT2D eigenvalue weighted by Gasteiger charge is 2.22. The summed E-state index contributed by atoms with van der Waals surface area (Å²) in [5, 5.41) is 3.18. The molecule has 84 valence electrons. The van der Waals surface area contributed by atoms with Gasteiger partial charge in [0, 0.05) is 26.2 Å². The molecule has 4 nitrogen and oxygen atoms in total. The second-order valence-corrected chi connectivity index (χ2v) is 4.22. The monoisotopic (exact) mass is 202 g/mol. The van der Waals surface area contributed by atoms with E-state index in [0.717, 1.165) is 26.2 Å². The van der Waals surface area contributed by atoms with E-state index in [1.165, 1.54) is 0 Å². The van der Waals surface area contributed by atoms with Crippen molar-refractivity contribution < 1.29 is 9.53 Å². The van der Waals surface area contributed by atoms with E-state index < -0.39 is 0 Å². The lowest BCUT2D eigenvalue weighted by atomic mass is 10.2. The van der Waals surface area contributed by atoms with Crippen LogP contribution in [0.2, 0.25) is 0 Å². The van der Waals surface area contributed by atoms with Crippen molar-refractivity contribution in [2.75, 3.05) is 26.2 Å². The first-order valence-electron chi connectivity index (χ1n) is 4.68. The van der Waals surface area contributed by atoms with Crippen molar-refractivity contribution in [1.29, 1.82) is 0 Å². The zero-order valence-electron chi connectivity index (χ0n) is 8.59. The first kappa shape index (κ1) is 13.2. The third-order valence-electron chi connectivity index (χ3n) is 1.77. The molecule has 0 spiro atoms. The Morgan fingerprint density at radius 3 is 2.21 bits per heavy atom. The minimum absolute atomic E-state index is 0. The molecule has 1 aliphatic rings. The van der Waals surface area contributed by atoms with Gasteiger partial charge in [0.2, 0.25) is 0 Å². The summed E-state index contributed by atoms with van der Waals surface area (Å²) in [7, 11) is 0. The van der Waals surface area contributed by atoms with Crippen LogP contribution in [0.1, 0.15) is 28.2 Å². The predicted molar refractivity (Wildman–Crippen MR) is 57.4 cm³/mol. The van der Waals surface area contributed by atoms with Gasteiger partial charge in [0.25, 0.3) is 0 Å². The average Bonchev–Trinajstić information content (AvgIpc) is 2.03. The number of amides is 1. The Morgan fingerprint density at radius 2 is 1.79 bits per heavy atom. The fourth-order valence-electron chi connectivity index (χ4n) is 1.17. The molecule has 1 N–H and O–H groups in total. The van der Waals surface area contributed by atoms with Crippen LogP contribution in [-0.4, -0.2) is 42.8 Å². The SMILES string of the molecule is C.CC(C)(C)OC(=O)N1CCNCC1. The summed E-state index contributed by atoms with van der Waals surface area (Å²) in [5.74, 6) is 0. The lowest BCUT2D eigenvalue weighted by Crippen LogP contribution is -2.48. The maximum atomic E-state index is 11.5. The molecule has 0 radical (unpaired) electrons. The number of hydrogen-bond acceptors (Lipinski definition) is 3. The highest BCUT2D eigenvalue weighted by molar-refractivity contribution is 5.68. The number of piperazine rings is 1. The van der Waals surface area contributed by atoms with E-state index in [1.807, 2.05) is 20.8 Å². The van der Waals surface area contributed by atoms with Gasteiger partial charge in [-0.15, -0.1) is 0 Å². The van der Waals surface area contributed by atoms with Crippen molar-refractivity contribution >= 4 is 6.09 Å². The minimum Gasteiger partial charge on any atom is -0.444 e. The molecular formula is C10H22N2O2. The summed E-state index contributed by atoms with van der Waals surface area (Å²) in [5.41, 5.74) is -0.387. The minimum atomic E-state index is -0.387. The number of nitrogens with zero attached hydrogens (tertiary/aromatic N) is 1. The van der Waals surface area contributed by atoms with Crippen LogP contribution in [-0.2, 0) is 4.74 Å². The molecule has 0 unspecified atom stereocenters. The molecule has 14 heavy (non-hydrogen) atoms. The van der Waals surface area contributed by atoms with Crippen molar-refractivity contribution in [3.63, 3.8) is 0 Å². The van der Waals surface area contributed by atoms with Crippen molar-refractivity contribution in [3.8, 4) is 0 Å². The fourth-order valence-corrected chi connectivity index (χ4v) is 1.17. The van der Waals surface area contributed by atoms with Gasteiger partial charge in [0.05, 0.1) is 0 Å². The molecule has 1 fully saturated rings. The molecule has 0 saturated carbocycles. The number of nitrogens with one attached hydrogen (secondary N) is 1. The van der Waals surface area contributed by atoms with E-state index in [-0.39, 0.29) is 19.1 Å². The molecule has 0 aliphatic carbocycles. The van der Waals surface area contributed by atoms with Crippen LogP contribution in [0.3, 0.4) is 0 Å². The van der Waals surface area contributed by atoms with Gasteiger partial charge in [-0.1, -0.05) is 7.43 Å². The Kier molecular flexibility index (Phi) is 4.91. The smallest absolute Gasteiger partial charge is 0.410 e. The third-order valence-corrected chi connectivity index (χ3v) is 1.77. The second-order valence-electron chi connectivity index (χ2n) is 4.22. The maximum Gasteiger partial charge on any atom is 0.410 e. The first-order chi connectivity index (χ1) is 5.99. The predicted octanol–water partition coefficient (Wildman–Crippen LogP) is 1.46. The first-order valence-corrected chi connectivity index (χ1v) is 4.68. The van der Waals surface area contributed by atoms with Gasteiger partial charge in [-0.05, 0) is 20.8 Å². The van der Waals surface area contributed by atoms with Gasteiger partial charge >= 0.3 is 6.09 Å². The van der Waals surface area contributed by atoms with Crippen LogP contribution in [0.25, 0.3) is 0 Å². The van der Waals surface area contributed by atoms with Crippen LogP contribution >= 0.6 is 0 Å². The molecule has 0 aromatic heterocycles. The van der Waals surface area contributed by atoms with Crippen LogP contribution in [0.15, 0.2) is 0 Å². The molecular weight excluding hydrogens is 180 g/mol. The van der Waals surface area contributed by atoms with E-state index in [2.05, 4.69) is 5.32 Å². The summed E-state index contributed by atoms with van der Waals surface area (Å²) >= 11 is 0. The summed E-state index contributed by atoms with van der Waals surface area (Å²) in [6.45, 7) is 8.86. The van der Waals surface area contributed by atoms with Crippen molar-refractivity contribution in [3.05, 3.63) is 0 Å². The zero-order chi connectivity index (χ0) is 9.90. The molecule has 4 heteroatoms. The summed E-state index contributed by atoms with van der Waals surface area (Å²) < 4.78 is 5.24. The molecule has 0 aromatic rings. The van der Waals surface area contributed by atoms with E-state index in [9.17, 15) is 4.79 Å². The lowest BCUT2D eigenvalue weighted by Gasteiger charge is -2.30. The standard InChI is InChI=1S/C9H18N2O2.CH4/c1-9(2,3)13-8(12)11-6-4-10-5-7-11;/h10H,4-7H2,1-3H3;1H4. The van der Waals surface area contributed by atoms with E-state index in [4.69, 9.17) is 4.74 Å². The Balaban J connectivity index is 0.00000169. The topological polar surface area (TPSA) is 41.6 Å². The van der Waals surface area contributed by atoms with E-state index in [0.29, 0.717) is 0 Å². The summed E-state index contributed by atoms with van der Waals surface area (Å²) in [6.07, 6.45) is -0.200. The number of carbonyl (C=O) groups excluding carboxylic acids is 1. The fraction of sp³-hybridized carbons (Fsp3) is 0.900. The average molecular weight is 202 g/mol. The molecule has 0 bridgehead atoms. The number of rotatable bonds is 0.